The summed E-state index contributed by atoms with van der Waals surface area (Å²) in [6, 6.07) is 0. The Morgan fingerprint density at radius 2 is 1.87 bits per heavy atom. The normalized spacial score (nSPS) is 11.1. The van der Waals surface area contributed by atoms with Gasteiger partial charge in [0.2, 0.25) is 0 Å². The van der Waals surface area contributed by atoms with E-state index < -0.39 is 0 Å². The zero-order chi connectivity index (χ0) is 11.4. The Bertz CT molecular complexity index is 311. The second-order valence-electron chi connectivity index (χ2n) is 4.23. The third-order valence-corrected chi connectivity index (χ3v) is 3.23. The van der Waals surface area contributed by atoms with Gasteiger partial charge in [0.05, 0.1) is 17.1 Å². The van der Waals surface area contributed by atoms with Crippen LogP contribution in [0.4, 0.5) is 5.69 Å². The van der Waals surface area contributed by atoms with Crippen molar-refractivity contribution in [2.45, 2.75) is 40.5 Å². The van der Waals surface area contributed by atoms with Gasteiger partial charge >= 0.3 is 0 Å². The molecule has 0 spiro atoms. The van der Waals surface area contributed by atoms with Crippen LogP contribution in [-0.4, -0.2) is 16.3 Å². The fourth-order valence-corrected chi connectivity index (χ4v) is 1.85. The van der Waals surface area contributed by atoms with Gasteiger partial charge in [-0.25, -0.2) is 0 Å². The van der Waals surface area contributed by atoms with E-state index in [9.17, 15) is 0 Å². The smallest absolute Gasteiger partial charge is 0.0827 e. The average molecular weight is 209 g/mol. The van der Waals surface area contributed by atoms with Gasteiger partial charge in [0, 0.05) is 13.6 Å². The van der Waals surface area contributed by atoms with Gasteiger partial charge in [-0.2, -0.15) is 5.10 Å². The molecule has 86 valence electrons. The molecule has 0 aliphatic heterocycles. The minimum Gasteiger partial charge on any atom is -0.382 e. The molecule has 3 nitrogen and oxygen atoms in total. The van der Waals surface area contributed by atoms with E-state index in [4.69, 9.17) is 0 Å². The Kier molecular flexibility index (Phi) is 4.18. The molecule has 0 atom stereocenters. The Morgan fingerprint density at radius 1 is 1.27 bits per heavy atom. The summed E-state index contributed by atoms with van der Waals surface area (Å²) in [5, 5.41) is 7.92. The fourth-order valence-electron chi connectivity index (χ4n) is 1.85. The van der Waals surface area contributed by atoms with E-state index in [-0.39, 0.29) is 0 Å². The van der Waals surface area contributed by atoms with Gasteiger partial charge in [-0.15, -0.1) is 0 Å². The van der Waals surface area contributed by atoms with Crippen molar-refractivity contribution in [1.29, 1.82) is 0 Å². The van der Waals surface area contributed by atoms with Crippen LogP contribution >= 0.6 is 0 Å². The van der Waals surface area contributed by atoms with Gasteiger partial charge in [-0.1, -0.05) is 26.7 Å². The molecule has 0 amide bonds. The molecule has 1 rings (SSSR count). The maximum Gasteiger partial charge on any atom is 0.0827 e. The van der Waals surface area contributed by atoms with Crippen molar-refractivity contribution < 1.29 is 0 Å². The lowest BCUT2D eigenvalue weighted by atomic mass is 10.0. The summed E-state index contributed by atoms with van der Waals surface area (Å²) in [7, 11) is 1.99. The van der Waals surface area contributed by atoms with Crippen molar-refractivity contribution in [3.63, 3.8) is 0 Å². The topological polar surface area (TPSA) is 29.9 Å². The van der Waals surface area contributed by atoms with Gasteiger partial charge in [-0.3, -0.25) is 4.68 Å². The molecule has 1 heterocycles. The lowest BCUT2D eigenvalue weighted by Crippen LogP contribution is -2.13. The van der Waals surface area contributed by atoms with Crippen LogP contribution in [0.5, 0.6) is 0 Å². The molecule has 0 aliphatic carbocycles. The first-order valence-electron chi connectivity index (χ1n) is 5.84. The second-order valence-corrected chi connectivity index (χ2v) is 4.23. The highest BCUT2D eigenvalue weighted by Crippen LogP contribution is 2.19. The first-order chi connectivity index (χ1) is 7.10. The fraction of sp³-hybridized carbons (Fsp3) is 0.750. The number of aryl methyl sites for hydroxylation is 2. The number of nitrogens with zero attached hydrogens (tertiary/aromatic N) is 2. The number of rotatable bonds is 5. The van der Waals surface area contributed by atoms with Crippen LogP contribution in [-0.2, 0) is 7.05 Å². The highest BCUT2D eigenvalue weighted by molar-refractivity contribution is 5.51. The summed E-state index contributed by atoms with van der Waals surface area (Å²) in [6.45, 7) is 9.72. The molecule has 15 heavy (non-hydrogen) atoms. The van der Waals surface area contributed by atoms with Gasteiger partial charge in [0.15, 0.2) is 0 Å². The molecule has 1 aromatic rings. The molecular formula is C12H23N3. The largest absolute Gasteiger partial charge is 0.382 e. The van der Waals surface area contributed by atoms with Crippen molar-refractivity contribution in [2.24, 2.45) is 13.0 Å². The first kappa shape index (κ1) is 12.1. The molecular weight excluding hydrogens is 186 g/mol. The molecule has 0 saturated carbocycles. The molecule has 1 aromatic heterocycles. The van der Waals surface area contributed by atoms with E-state index in [2.05, 4.69) is 38.1 Å². The van der Waals surface area contributed by atoms with E-state index in [1.807, 2.05) is 11.7 Å². The number of nitrogens with one attached hydrogen (secondary N) is 1. The molecule has 0 aromatic carbocycles. The highest BCUT2D eigenvalue weighted by Gasteiger charge is 2.10. The molecule has 1 N–H and O–H groups in total. The van der Waals surface area contributed by atoms with Crippen LogP contribution in [0.25, 0.3) is 0 Å². The minimum absolute atomic E-state index is 0.768. The molecule has 3 heteroatoms. The molecule has 0 saturated heterocycles. The Hall–Kier alpha value is -0.990. The maximum atomic E-state index is 4.39. The Morgan fingerprint density at radius 3 is 2.27 bits per heavy atom. The van der Waals surface area contributed by atoms with E-state index in [1.165, 1.54) is 24.2 Å². The summed E-state index contributed by atoms with van der Waals surface area (Å²) >= 11 is 0. The van der Waals surface area contributed by atoms with Crippen molar-refractivity contribution in [3.8, 4) is 0 Å². The highest BCUT2D eigenvalue weighted by atomic mass is 15.3. The third-order valence-electron chi connectivity index (χ3n) is 3.23. The van der Waals surface area contributed by atoms with Crippen LogP contribution in [0, 0.1) is 19.8 Å². The van der Waals surface area contributed by atoms with Crippen molar-refractivity contribution in [2.75, 3.05) is 11.9 Å². The first-order valence-corrected chi connectivity index (χ1v) is 5.84. The van der Waals surface area contributed by atoms with Crippen molar-refractivity contribution in [1.82, 2.24) is 9.78 Å². The SMILES string of the molecule is CCC(CC)CNc1c(C)nn(C)c1C. The zero-order valence-electron chi connectivity index (χ0n) is 10.6. The molecule has 0 fully saturated rings. The van der Waals surface area contributed by atoms with E-state index in [0.717, 1.165) is 18.2 Å². The summed E-state index contributed by atoms with van der Waals surface area (Å²) < 4.78 is 1.94. The number of hydrogen-bond donors (Lipinski definition) is 1. The maximum absolute atomic E-state index is 4.39. The molecule has 0 radical (unpaired) electrons. The average Bonchev–Trinajstić information content (AvgIpc) is 2.45. The van der Waals surface area contributed by atoms with Crippen LogP contribution in [0.1, 0.15) is 38.1 Å². The number of aromatic nitrogens is 2. The molecule has 0 bridgehead atoms. The lowest BCUT2D eigenvalue weighted by Gasteiger charge is -2.14. The van der Waals surface area contributed by atoms with Gasteiger partial charge in [0.1, 0.15) is 0 Å². The van der Waals surface area contributed by atoms with E-state index >= 15 is 0 Å². The molecule has 0 unspecified atom stereocenters. The van der Waals surface area contributed by atoms with Gasteiger partial charge < -0.3 is 5.32 Å². The number of anilines is 1. The Balaban J connectivity index is 2.64. The number of hydrogen-bond acceptors (Lipinski definition) is 2. The summed E-state index contributed by atoms with van der Waals surface area (Å²) in [6.07, 6.45) is 2.48. The minimum atomic E-state index is 0.768. The van der Waals surface area contributed by atoms with E-state index in [1.54, 1.807) is 0 Å². The van der Waals surface area contributed by atoms with Crippen LogP contribution in [0.2, 0.25) is 0 Å². The summed E-state index contributed by atoms with van der Waals surface area (Å²) in [5.41, 5.74) is 3.53. The van der Waals surface area contributed by atoms with Gasteiger partial charge in [0.25, 0.3) is 0 Å². The summed E-state index contributed by atoms with van der Waals surface area (Å²) in [4.78, 5) is 0. The van der Waals surface area contributed by atoms with Crippen LogP contribution in [0.3, 0.4) is 0 Å². The predicted molar refractivity (Wildman–Crippen MR) is 65.2 cm³/mol. The molecule has 0 aliphatic rings. The quantitative estimate of drug-likeness (QED) is 0.808. The lowest BCUT2D eigenvalue weighted by molar-refractivity contribution is 0.519. The van der Waals surface area contributed by atoms with Crippen LogP contribution < -0.4 is 5.32 Å². The van der Waals surface area contributed by atoms with Gasteiger partial charge in [-0.05, 0) is 19.8 Å². The third kappa shape index (κ3) is 2.74. The monoisotopic (exact) mass is 209 g/mol. The van der Waals surface area contributed by atoms with Crippen molar-refractivity contribution >= 4 is 5.69 Å². The standard InChI is InChI=1S/C12H23N3/c1-6-11(7-2)8-13-12-9(3)14-15(5)10(12)4/h11,13H,6-8H2,1-5H3. The zero-order valence-corrected chi connectivity index (χ0v) is 10.6. The van der Waals surface area contributed by atoms with Crippen LogP contribution in [0.15, 0.2) is 0 Å². The summed E-state index contributed by atoms with van der Waals surface area (Å²) in [5.74, 6) is 0.768. The predicted octanol–water partition coefficient (Wildman–Crippen LogP) is 2.89. The van der Waals surface area contributed by atoms with E-state index in [0.29, 0.717) is 0 Å². The van der Waals surface area contributed by atoms with Crippen molar-refractivity contribution in [3.05, 3.63) is 11.4 Å². The second kappa shape index (κ2) is 5.19. The Labute approximate surface area is 92.9 Å².